The minimum atomic E-state index is -0.428. The summed E-state index contributed by atoms with van der Waals surface area (Å²) in [4.78, 5) is 24.3. The smallest absolute Gasteiger partial charge is 0.306 e. The van der Waals surface area contributed by atoms with E-state index in [4.69, 9.17) is 5.26 Å². The van der Waals surface area contributed by atoms with Crippen molar-refractivity contribution in [2.24, 2.45) is 0 Å². The van der Waals surface area contributed by atoms with Crippen LogP contribution in [0, 0.1) is 18.3 Å². The standard InChI is InChI=1S/C12H14N2O3S/c1-9-7-11(18-8-9)14(6-5-13)10(15)3-4-12(16)17-2/h7-8H,3-4,6H2,1-2H3. The Kier molecular flexibility index (Phi) is 5.33. The van der Waals surface area contributed by atoms with Gasteiger partial charge >= 0.3 is 5.97 Å². The first kappa shape index (κ1) is 14.2. The number of methoxy groups -OCH3 is 1. The van der Waals surface area contributed by atoms with E-state index in [2.05, 4.69) is 4.74 Å². The van der Waals surface area contributed by atoms with E-state index in [9.17, 15) is 9.59 Å². The highest BCUT2D eigenvalue weighted by molar-refractivity contribution is 7.14. The molecule has 0 saturated carbocycles. The van der Waals surface area contributed by atoms with Crippen LogP contribution in [0.3, 0.4) is 0 Å². The predicted octanol–water partition coefficient (Wildman–Crippen LogP) is 1.87. The Hall–Kier alpha value is -1.87. The Bertz CT molecular complexity index is 476. The molecule has 0 unspecified atom stereocenters. The van der Waals surface area contributed by atoms with Crippen molar-refractivity contribution in [1.29, 1.82) is 5.26 Å². The van der Waals surface area contributed by atoms with Gasteiger partial charge in [0.15, 0.2) is 0 Å². The number of carbonyl (C=O) groups excluding carboxylic acids is 2. The van der Waals surface area contributed by atoms with E-state index in [1.165, 1.54) is 23.3 Å². The largest absolute Gasteiger partial charge is 0.469 e. The number of thiophene rings is 1. The van der Waals surface area contributed by atoms with E-state index < -0.39 is 5.97 Å². The van der Waals surface area contributed by atoms with Gasteiger partial charge in [0, 0.05) is 6.42 Å². The number of hydrogen-bond donors (Lipinski definition) is 0. The molecule has 1 heterocycles. The molecule has 0 saturated heterocycles. The molecule has 1 amide bonds. The van der Waals surface area contributed by atoms with Crippen molar-refractivity contribution in [3.63, 3.8) is 0 Å². The highest BCUT2D eigenvalue weighted by atomic mass is 32.1. The van der Waals surface area contributed by atoms with Crippen LogP contribution in [0.2, 0.25) is 0 Å². The number of hydrogen-bond acceptors (Lipinski definition) is 5. The summed E-state index contributed by atoms with van der Waals surface area (Å²) in [5, 5.41) is 11.4. The minimum absolute atomic E-state index is 0.0139. The first-order valence-corrected chi connectivity index (χ1v) is 6.25. The average molecular weight is 266 g/mol. The molecule has 0 aromatic carbocycles. The molecule has 0 radical (unpaired) electrons. The van der Waals surface area contributed by atoms with Crippen LogP contribution in [0.1, 0.15) is 18.4 Å². The molecular formula is C12H14N2O3S. The SMILES string of the molecule is COC(=O)CCC(=O)N(CC#N)c1cc(C)cs1. The van der Waals surface area contributed by atoms with Crippen molar-refractivity contribution in [3.05, 3.63) is 17.0 Å². The molecule has 18 heavy (non-hydrogen) atoms. The van der Waals surface area contributed by atoms with Crippen LogP contribution in [-0.4, -0.2) is 25.5 Å². The summed E-state index contributed by atoms with van der Waals surface area (Å²) in [7, 11) is 1.28. The third-order valence-electron chi connectivity index (χ3n) is 2.28. The molecule has 5 nitrogen and oxygen atoms in total. The highest BCUT2D eigenvalue weighted by Gasteiger charge is 2.18. The van der Waals surface area contributed by atoms with Gasteiger partial charge in [0.25, 0.3) is 0 Å². The molecule has 0 aliphatic carbocycles. The van der Waals surface area contributed by atoms with Crippen molar-refractivity contribution in [2.75, 3.05) is 18.6 Å². The number of nitriles is 1. The van der Waals surface area contributed by atoms with Gasteiger partial charge in [0.05, 0.1) is 24.6 Å². The number of rotatable bonds is 5. The Morgan fingerprint density at radius 1 is 1.50 bits per heavy atom. The number of carbonyl (C=O) groups is 2. The number of aryl methyl sites for hydroxylation is 1. The molecule has 0 atom stereocenters. The second-order valence-corrected chi connectivity index (χ2v) is 4.57. The summed E-state index contributed by atoms with van der Waals surface area (Å²) < 4.78 is 4.48. The number of amides is 1. The first-order chi connectivity index (χ1) is 8.58. The van der Waals surface area contributed by atoms with E-state index in [1.807, 2.05) is 24.4 Å². The van der Waals surface area contributed by atoms with E-state index in [0.29, 0.717) is 0 Å². The van der Waals surface area contributed by atoms with Gasteiger partial charge in [-0.25, -0.2) is 0 Å². The van der Waals surface area contributed by atoms with Crippen molar-refractivity contribution in [2.45, 2.75) is 19.8 Å². The number of anilines is 1. The number of ether oxygens (including phenoxy) is 1. The molecule has 1 aromatic heterocycles. The molecule has 6 heteroatoms. The lowest BCUT2D eigenvalue weighted by molar-refractivity contribution is -0.141. The monoisotopic (exact) mass is 266 g/mol. The second kappa shape index (κ2) is 6.77. The lowest BCUT2D eigenvalue weighted by Gasteiger charge is -2.17. The summed E-state index contributed by atoms with van der Waals surface area (Å²) in [6.07, 6.45) is 0.0763. The summed E-state index contributed by atoms with van der Waals surface area (Å²) in [5.74, 6) is -0.675. The highest BCUT2D eigenvalue weighted by Crippen LogP contribution is 2.25. The maximum absolute atomic E-state index is 11.9. The number of esters is 1. The van der Waals surface area contributed by atoms with Gasteiger partial charge in [-0.15, -0.1) is 11.3 Å². The molecule has 0 fully saturated rings. The van der Waals surface area contributed by atoms with E-state index in [1.54, 1.807) is 0 Å². The summed E-state index contributed by atoms with van der Waals surface area (Å²) in [6.45, 7) is 1.91. The maximum Gasteiger partial charge on any atom is 0.306 e. The zero-order chi connectivity index (χ0) is 13.5. The van der Waals surface area contributed by atoms with Gasteiger partial charge in [0.2, 0.25) is 5.91 Å². The van der Waals surface area contributed by atoms with Crippen molar-refractivity contribution >= 4 is 28.2 Å². The fourth-order valence-electron chi connectivity index (χ4n) is 1.36. The van der Waals surface area contributed by atoms with Crippen molar-refractivity contribution < 1.29 is 14.3 Å². The quantitative estimate of drug-likeness (QED) is 0.602. The van der Waals surface area contributed by atoms with Crippen LogP contribution in [0.15, 0.2) is 11.4 Å². The molecule has 0 aliphatic rings. The predicted molar refractivity (Wildman–Crippen MR) is 68.3 cm³/mol. The third kappa shape index (κ3) is 3.86. The molecule has 1 aromatic rings. The second-order valence-electron chi connectivity index (χ2n) is 3.68. The van der Waals surface area contributed by atoms with Crippen molar-refractivity contribution in [3.8, 4) is 6.07 Å². The fourth-order valence-corrected chi connectivity index (χ4v) is 2.29. The van der Waals surface area contributed by atoms with E-state index in [-0.39, 0.29) is 25.3 Å². The van der Waals surface area contributed by atoms with Crippen LogP contribution >= 0.6 is 11.3 Å². The zero-order valence-corrected chi connectivity index (χ0v) is 11.1. The normalized spacial score (nSPS) is 9.61. The van der Waals surface area contributed by atoms with Gasteiger partial charge in [0.1, 0.15) is 6.54 Å². The van der Waals surface area contributed by atoms with E-state index >= 15 is 0 Å². The molecule has 1 rings (SSSR count). The lowest BCUT2D eigenvalue weighted by Crippen LogP contribution is -2.30. The Morgan fingerprint density at radius 3 is 2.72 bits per heavy atom. The first-order valence-electron chi connectivity index (χ1n) is 5.37. The molecule has 0 bridgehead atoms. The van der Waals surface area contributed by atoms with Gasteiger partial charge in [-0.2, -0.15) is 5.26 Å². The Labute approximate surface area is 110 Å². The summed E-state index contributed by atoms with van der Waals surface area (Å²) in [5.41, 5.74) is 1.04. The van der Waals surface area contributed by atoms with Gasteiger partial charge in [-0.05, 0) is 23.9 Å². The molecule has 96 valence electrons. The van der Waals surface area contributed by atoms with Crippen LogP contribution in [0.4, 0.5) is 5.00 Å². The molecule has 0 spiro atoms. The summed E-state index contributed by atoms with van der Waals surface area (Å²) in [6, 6.07) is 3.80. The van der Waals surface area contributed by atoms with Gasteiger partial charge in [-0.3, -0.25) is 14.5 Å². The zero-order valence-electron chi connectivity index (χ0n) is 10.3. The van der Waals surface area contributed by atoms with E-state index in [0.717, 1.165) is 10.6 Å². The van der Waals surface area contributed by atoms with Crippen LogP contribution in [-0.2, 0) is 14.3 Å². The molecular weight excluding hydrogens is 252 g/mol. The van der Waals surface area contributed by atoms with Gasteiger partial charge < -0.3 is 4.74 Å². The molecule has 0 N–H and O–H groups in total. The Balaban J connectivity index is 2.70. The topological polar surface area (TPSA) is 70.4 Å². The Morgan fingerprint density at radius 2 is 2.22 bits per heavy atom. The number of nitrogens with zero attached hydrogens (tertiary/aromatic N) is 2. The third-order valence-corrected chi connectivity index (χ3v) is 3.35. The summed E-state index contributed by atoms with van der Waals surface area (Å²) >= 11 is 1.40. The van der Waals surface area contributed by atoms with Crippen LogP contribution in [0.5, 0.6) is 0 Å². The van der Waals surface area contributed by atoms with Crippen LogP contribution in [0.25, 0.3) is 0 Å². The minimum Gasteiger partial charge on any atom is -0.469 e. The van der Waals surface area contributed by atoms with Crippen LogP contribution < -0.4 is 4.90 Å². The van der Waals surface area contributed by atoms with Crippen molar-refractivity contribution in [1.82, 2.24) is 0 Å². The van der Waals surface area contributed by atoms with Gasteiger partial charge in [-0.1, -0.05) is 0 Å². The maximum atomic E-state index is 11.9. The fraction of sp³-hybridized carbons (Fsp3) is 0.417. The molecule has 0 aliphatic heterocycles. The average Bonchev–Trinajstić information content (AvgIpc) is 2.78. The lowest BCUT2D eigenvalue weighted by atomic mass is 10.2.